The molecule has 0 aromatic carbocycles. The van der Waals surface area contributed by atoms with Crippen LogP contribution in [0.5, 0.6) is 0 Å². The largest absolute Gasteiger partial charge is 0.333 e. The number of aromatic nitrogens is 4. The summed E-state index contributed by atoms with van der Waals surface area (Å²) in [6.45, 7) is 2.95. The van der Waals surface area contributed by atoms with Crippen LogP contribution < -0.4 is 10.6 Å². The number of likely N-dealkylation sites (N-methyl/N-ethyl adjacent to an activating group) is 1. The lowest BCUT2D eigenvalue weighted by atomic mass is 10.1. The molecule has 24 heavy (non-hydrogen) atoms. The van der Waals surface area contributed by atoms with Crippen molar-refractivity contribution in [2.24, 2.45) is 0 Å². The molecule has 2 aromatic heterocycles. The second-order valence-corrected chi connectivity index (χ2v) is 5.72. The fourth-order valence-electron chi connectivity index (χ4n) is 2.95. The normalized spacial score (nSPS) is 17.1. The maximum atomic E-state index is 12.3. The smallest absolute Gasteiger partial charge is 0.237 e. The summed E-state index contributed by atoms with van der Waals surface area (Å²) < 4.78 is 0. The average Bonchev–Trinajstić information content (AvgIpc) is 3.05. The summed E-state index contributed by atoms with van der Waals surface area (Å²) in [4.78, 5) is 31.3. The summed E-state index contributed by atoms with van der Waals surface area (Å²) >= 11 is 0. The topological polar surface area (TPSA) is 95.9 Å². The highest BCUT2D eigenvalue weighted by Crippen LogP contribution is 2.31. The van der Waals surface area contributed by atoms with Gasteiger partial charge in [0.1, 0.15) is 17.5 Å². The maximum absolute atomic E-state index is 12.3. The Morgan fingerprint density at radius 2 is 2.21 bits per heavy atom. The van der Waals surface area contributed by atoms with Crippen molar-refractivity contribution in [1.29, 1.82) is 0 Å². The highest BCUT2D eigenvalue weighted by Gasteiger charge is 2.30. The van der Waals surface area contributed by atoms with Crippen molar-refractivity contribution in [3.8, 4) is 0 Å². The van der Waals surface area contributed by atoms with Gasteiger partial charge in [-0.2, -0.15) is 0 Å². The second kappa shape index (κ2) is 7.31. The molecule has 0 spiro atoms. The number of rotatable bonds is 5. The zero-order valence-electron chi connectivity index (χ0n) is 13.9. The number of nitrogens with one attached hydrogen (secondary N) is 2. The van der Waals surface area contributed by atoms with Gasteiger partial charge in [-0.15, -0.1) is 0 Å². The zero-order valence-corrected chi connectivity index (χ0v) is 13.9. The van der Waals surface area contributed by atoms with E-state index in [9.17, 15) is 4.79 Å². The molecule has 1 aliphatic heterocycles. The second-order valence-electron chi connectivity index (χ2n) is 5.72. The standard InChI is InChI=1S/C16H21N7O/c1-11-20-12(13-4-3-7-23(13)16(24)10-17-2)8-14(21-11)22-15-9-18-5-6-19-15/h5-6,8-9,13,17H,3-4,7,10H2,1-2H3,(H,19,20,21,22)/t13-/m1/s1. The van der Waals surface area contributed by atoms with Gasteiger partial charge in [-0.1, -0.05) is 0 Å². The van der Waals surface area contributed by atoms with Crippen LogP contribution in [0.25, 0.3) is 0 Å². The van der Waals surface area contributed by atoms with Gasteiger partial charge < -0.3 is 15.5 Å². The SMILES string of the molecule is CNCC(=O)N1CCC[C@@H]1c1cc(Nc2cnccn2)nc(C)n1. The van der Waals surface area contributed by atoms with Crippen LogP contribution >= 0.6 is 0 Å². The number of carbonyl (C=O) groups excluding carboxylic acids is 1. The lowest BCUT2D eigenvalue weighted by Gasteiger charge is -2.24. The lowest BCUT2D eigenvalue weighted by molar-refractivity contribution is -0.131. The summed E-state index contributed by atoms with van der Waals surface area (Å²) in [5.74, 6) is 2.04. The van der Waals surface area contributed by atoms with Crippen molar-refractivity contribution < 1.29 is 4.79 Å². The Bertz CT molecular complexity index is 707. The molecule has 2 aromatic rings. The van der Waals surface area contributed by atoms with E-state index in [1.807, 2.05) is 17.9 Å². The van der Waals surface area contributed by atoms with Crippen LogP contribution in [0.15, 0.2) is 24.7 Å². The van der Waals surface area contributed by atoms with Gasteiger partial charge in [-0.3, -0.25) is 9.78 Å². The van der Waals surface area contributed by atoms with E-state index in [0.29, 0.717) is 24.0 Å². The lowest BCUT2D eigenvalue weighted by Crippen LogP contribution is -2.37. The molecule has 0 unspecified atom stereocenters. The first-order chi connectivity index (χ1) is 11.7. The Kier molecular flexibility index (Phi) is 4.95. The van der Waals surface area contributed by atoms with Gasteiger partial charge in [0.05, 0.1) is 24.5 Å². The Labute approximate surface area is 140 Å². The molecule has 1 amide bonds. The number of carbonyl (C=O) groups is 1. The monoisotopic (exact) mass is 327 g/mol. The van der Waals surface area contributed by atoms with Crippen LogP contribution in [0.4, 0.5) is 11.6 Å². The first-order valence-corrected chi connectivity index (χ1v) is 8.00. The zero-order chi connectivity index (χ0) is 16.9. The molecule has 0 aliphatic carbocycles. The summed E-state index contributed by atoms with van der Waals surface area (Å²) in [6, 6.07) is 1.88. The third kappa shape index (κ3) is 3.65. The molecule has 8 heteroatoms. The first kappa shape index (κ1) is 16.3. The van der Waals surface area contributed by atoms with Crippen molar-refractivity contribution >= 4 is 17.5 Å². The van der Waals surface area contributed by atoms with E-state index in [4.69, 9.17) is 0 Å². The third-order valence-corrected chi connectivity index (χ3v) is 3.92. The number of nitrogens with zero attached hydrogens (tertiary/aromatic N) is 5. The van der Waals surface area contributed by atoms with E-state index in [0.717, 1.165) is 25.1 Å². The Hall–Kier alpha value is -2.61. The maximum Gasteiger partial charge on any atom is 0.237 e. The van der Waals surface area contributed by atoms with Crippen molar-refractivity contribution in [3.63, 3.8) is 0 Å². The van der Waals surface area contributed by atoms with Gasteiger partial charge in [-0.05, 0) is 26.8 Å². The van der Waals surface area contributed by atoms with E-state index in [1.165, 1.54) is 0 Å². The van der Waals surface area contributed by atoms with Crippen LogP contribution in [-0.4, -0.2) is 50.9 Å². The highest BCUT2D eigenvalue weighted by atomic mass is 16.2. The van der Waals surface area contributed by atoms with E-state index < -0.39 is 0 Å². The molecule has 126 valence electrons. The summed E-state index contributed by atoms with van der Waals surface area (Å²) in [6.07, 6.45) is 6.76. The molecule has 0 bridgehead atoms. The van der Waals surface area contributed by atoms with Gasteiger partial charge >= 0.3 is 0 Å². The Morgan fingerprint density at radius 1 is 1.33 bits per heavy atom. The van der Waals surface area contributed by atoms with Crippen LogP contribution in [0.3, 0.4) is 0 Å². The predicted octanol–water partition coefficient (Wildman–Crippen LogP) is 1.20. The number of aryl methyl sites for hydroxylation is 1. The number of anilines is 2. The summed E-state index contributed by atoms with van der Waals surface area (Å²) in [7, 11) is 1.78. The van der Waals surface area contributed by atoms with Crippen LogP contribution in [-0.2, 0) is 4.79 Å². The van der Waals surface area contributed by atoms with Gasteiger partial charge in [0.15, 0.2) is 0 Å². The molecule has 1 atom stereocenters. The van der Waals surface area contributed by atoms with Gasteiger partial charge in [0.25, 0.3) is 0 Å². The summed E-state index contributed by atoms with van der Waals surface area (Å²) in [5, 5.41) is 6.06. The van der Waals surface area contributed by atoms with Crippen LogP contribution in [0.1, 0.15) is 30.4 Å². The summed E-state index contributed by atoms with van der Waals surface area (Å²) in [5.41, 5.74) is 0.857. The number of hydrogen-bond acceptors (Lipinski definition) is 7. The minimum atomic E-state index is -0.00467. The van der Waals surface area contributed by atoms with Crippen LogP contribution in [0, 0.1) is 6.92 Å². The first-order valence-electron chi connectivity index (χ1n) is 8.00. The number of likely N-dealkylation sites (tertiary alicyclic amines) is 1. The molecule has 1 saturated heterocycles. The van der Waals surface area contributed by atoms with Gasteiger partial charge in [-0.25, -0.2) is 15.0 Å². The fraction of sp³-hybridized carbons (Fsp3) is 0.438. The molecule has 2 N–H and O–H groups in total. The van der Waals surface area contributed by atoms with Crippen molar-refractivity contribution in [2.75, 3.05) is 25.5 Å². The molecular weight excluding hydrogens is 306 g/mol. The van der Waals surface area contributed by atoms with Crippen LogP contribution in [0.2, 0.25) is 0 Å². The van der Waals surface area contributed by atoms with Crippen molar-refractivity contribution in [1.82, 2.24) is 30.2 Å². The van der Waals surface area contributed by atoms with E-state index in [1.54, 1.807) is 25.6 Å². The van der Waals surface area contributed by atoms with E-state index in [2.05, 4.69) is 30.6 Å². The quantitative estimate of drug-likeness (QED) is 0.852. The average molecular weight is 327 g/mol. The van der Waals surface area contributed by atoms with E-state index in [-0.39, 0.29) is 11.9 Å². The molecule has 3 heterocycles. The molecule has 0 radical (unpaired) electrons. The number of amides is 1. The van der Waals surface area contributed by atoms with Crippen molar-refractivity contribution in [2.45, 2.75) is 25.8 Å². The van der Waals surface area contributed by atoms with E-state index >= 15 is 0 Å². The molecule has 8 nitrogen and oxygen atoms in total. The molecule has 3 rings (SSSR count). The molecule has 0 saturated carbocycles. The molecular formula is C16H21N7O. The fourth-order valence-corrected chi connectivity index (χ4v) is 2.95. The minimum absolute atomic E-state index is 0.00467. The highest BCUT2D eigenvalue weighted by molar-refractivity contribution is 5.79. The Balaban J connectivity index is 1.84. The minimum Gasteiger partial charge on any atom is -0.333 e. The Morgan fingerprint density at radius 3 is 2.96 bits per heavy atom. The van der Waals surface area contributed by atoms with Gasteiger partial charge in [0, 0.05) is 25.0 Å². The van der Waals surface area contributed by atoms with Gasteiger partial charge in [0.2, 0.25) is 5.91 Å². The van der Waals surface area contributed by atoms with Crippen molar-refractivity contribution in [3.05, 3.63) is 36.2 Å². The predicted molar refractivity (Wildman–Crippen MR) is 89.7 cm³/mol. The third-order valence-electron chi connectivity index (χ3n) is 3.92. The molecule has 1 aliphatic rings. The number of hydrogen-bond donors (Lipinski definition) is 2. The molecule has 1 fully saturated rings.